The summed E-state index contributed by atoms with van der Waals surface area (Å²) >= 11 is 1.64. The summed E-state index contributed by atoms with van der Waals surface area (Å²) in [6.45, 7) is 3.87. The lowest BCUT2D eigenvalue weighted by Gasteiger charge is -2.31. The zero-order valence-electron chi connectivity index (χ0n) is 15.5. The molecule has 8 heteroatoms. The van der Waals surface area contributed by atoms with Gasteiger partial charge in [0.05, 0.1) is 10.2 Å². The van der Waals surface area contributed by atoms with Crippen LogP contribution in [-0.2, 0) is 4.79 Å². The summed E-state index contributed by atoms with van der Waals surface area (Å²) in [5.41, 5.74) is 1.63. The standard InChI is InChI=1S/C20H21FN4O2S/c1-24-8-10-25(11-9-24)20-23-17-7-4-15(12-18(17)28-20)22-19(26)13-27-16-5-2-14(21)3-6-16/h2-7,12H,8-11,13H2,1H3,(H,22,26). The maximum absolute atomic E-state index is 12.9. The monoisotopic (exact) mass is 400 g/mol. The maximum Gasteiger partial charge on any atom is 0.262 e. The van der Waals surface area contributed by atoms with Crippen LogP contribution in [0.1, 0.15) is 0 Å². The van der Waals surface area contributed by atoms with Gasteiger partial charge >= 0.3 is 0 Å². The van der Waals surface area contributed by atoms with E-state index in [9.17, 15) is 9.18 Å². The summed E-state index contributed by atoms with van der Waals surface area (Å²) in [6.07, 6.45) is 0. The van der Waals surface area contributed by atoms with Gasteiger partial charge in [0.1, 0.15) is 11.6 Å². The SMILES string of the molecule is CN1CCN(c2nc3ccc(NC(=O)COc4ccc(F)cc4)cc3s2)CC1. The van der Waals surface area contributed by atoms with E-state index < -0.39 is 0 Å². The van der Waals surface area contributed by atoms with Gasteiger partial charge in [0.15, 0.2) is 11.7 Å². The van der Waals surface area contributed by atoms with Crippen LogP contribution in [-0.4, -0.2) is 55.6 Å². The van der Waals surface area contributed by atoms with Gasteiger partial charge in [0, 0.05) is 31.9 Å². The van der Waals surface area contributed by atoms with Gasteiger partial charge in [-0.05, 0) is 49.5 Å². The first-order valence-corrected chi connectivity index (χ1v) is 9.91. The number of fused-ring (bicyclic) bond motifs is 1. The molecule has 1 amide bonds. The summed E-state index contributed by atoms with van der Waals surface area (Å²) in [5.74, 6) is -0.163. The molecule has 1 aromatic heterocycles. The molecule has 0 spiro atoms. The molecule has 1 aliphatic heterocycles. The lowest BCUT2D eigenvalue weighted by molar-refractivity contribution is -0.118. The summed E-state index contributed by atoms with van der Waals surface area (Å²) in [7, 11) is 2.13. The van der Waals surface area contributed by atoms with E-state index in [1.165, 1.54) is 24.3 Å². The highest BCUT2D eigenvalue weighted by atomic mass is 32.1. The van der Waals surface area contributed by atoms with Crippen molar-refractivity contribution < 1.29 is 13.9 Å². The fourth-order valence-electron chi connectivity index (χ4n) is 3.00. The average molecular weight is 400 g/mol. The van der Waals surface area contributed by atoms with Crippen molar-refractivity contribution in [1.29, 1.82) is 0 Å². The predicted octanol–water partition coefficient (Wildman–Crippen LogP) is 3.20. The number of amides is 1. The average Bonchev–Trinajstić information content (AvgIpc) is 3.11. The molecule has 2 heterocycles. The number of anilines is 2. The minimum atomic E-state index is -0.342. The van der Waals surface area contributed by atoms with Gasteiger partial charge in [-0.1, -0.05) is 11.3 Å². The topological polar surface area (TPSA) is 57.7 Å². The Labute approximate surface area is 166 Å². The molecule has 1 aliphatic rings. The summed E-state index contributed by atoms with van der Waals surface area (Å²) < 4.78 is 19.3. The van der Waals surface area contributed by atoms with E-state index >= 15 is 0 Å². The zero-order chi connectivity index (χ0) is 19.5. The number of carbonyl (C=O) groups excluding carboxylic acids is 1. The van der Waals surface area contributed by atoms with Gasteiger partial charge < -0.3 is 19.9 Å². The largest absolute Gasteiger partial charge is 0.484 e. The van der Waals surface area contributed by atoms with E-state index in [4.69, 9.17) is 9.72 Å². The van der Waals surface area contributed by atoms with Gasteiger partial charge in [0.2, 0.25) is 0 Å². The second-order valence-electron chi connectivity index (χ2n) is 6.76. The van der Waals surface area contributed by atoms with Crippen LogP contribution < -0.4 is 15.0 Å². The first-order chi connectivity index (χ1) is 13.6. The number of thiazole rings is 1. The van der Waals surface area contributed by atoms with Gasteiger partial charge in [-0.3, -0.25) is 4.79 Å². The summed E-state index contributed by atoms with van der Waals surface area (Å²) in [4.78, 5) is 21.5. The Balaban J connectivity index is 1.38. The molecule has 146 valence electrons. The molecule has 0 bridgehead atoms. The highest BCUT2D eigenvalue weighted by molar-refractivity contribution is 7.22. The summed E-state index contributed by atoms with van der Waals surface area (Å²) in [5, 5.41) is 3.85. The molecule has 1 N–H and O–H groups in total. The molecule has 1 fully saturated rings. The molecule has 0 unspecified atom stereocenters. The van der Waals surface area contributed by atoms with Crippen LogP contribution in [0.2, 0.25) is 0 Å². The Kier molecular flexibility index (Phi) is 5.40. The lowest BCUT2D eigenvalue weighted by Crippen LogP contribution is -2.44. The Bertz CT molecular complexity index is 968. The van der Waals surface area contributed by atoms with Crippen LogP contribution in [0.3, 0.4) is 0 Å². The van der Waals surface area contributed by atoms with Crippen molar-refractivity contribution in [3.05, 3.63) is 48.3 Å². The number of hydrogen-bond acceptors (Lipinski definition) is 6. The van der Waals surface area contributed by atoms with Gasteiger partial charge in [-0.2, -0.15) is 0 Å². The molecule has 3 aromatic rings. The fourth-order valence-corrected chi connectivity index (χ4v) is 4.06. The number of ether oxygens (including phenoxy) is 1. The molecule has 6 nitrogen and oxygen atoms in total. The molecule has 0 aliphatic carbocycles. The molecule has 4 rings (SSSR count). The Morgan fingerprint density at radius 3 is 2.68 bits per heavy atom. The second kappa shape index (κ2) is 8.12. The first kappa shape index (κ1) is 18.6. The third-order valence-electron chi connectivity index (χ3n) is 4.62. The number of aromatic nitrogens is 1. The molecule has 28 heavy (non-hydrogen) atoms. The Morgan fingerprint density at radius 2 is 1.93 bits per heavy atom. The smallest absolute Gasteiger partial charge is 0.262 e. The van der Waals surface area contributed by atoms with E-state index in [-0.39, 0.29) is 18.3 Å². The molecule has 0 saturated carbocycles. The van der Waals surface area contributed by atoms with Crippen molar-refractivity contribution in [2.45, 2.75) is 0 Å². The lowest BCUT2D eigenvalue weighted by atomic mass is 10.3. The van der Waals surface area contributed by atoms with Crippen molar-refractivity contribution in [2.24, 2.45) is 0 Å². The van der Waals surface area contributed by atoms with Crippen LogP contribution in [0.4, 0.5) is 15.2 Å². The first-order valence-electron chi connectivity index (χ1n) is 9.09. The number of halogens is 1. The number of likely N-dealkylation sites (N-methyl/N-ethyl adjacent to an activating group) is 1. The van der Waals surface area contributed by atoms with Crippen molar-refractivity contribution in [3.8, 4) is 5.75 Å². The normalized spacial score (nSPS) is 15.0. The molecule has 2 aromatic carbocycles. The van der Waals surface area contributed by atoms with E-state index in [1.807, 2.05) is 18.2 Å². The van der Waals surface area contributed by atoms with Gasteiger partial charge in [-0.25, -0.2) is 9.37 Å². The molecule has 1 saturated heterocycles. The van der Waals surface area contributed by atoms with E-state index in [0.29, 0.717) is 11.4 Å². The third kappa shape index (κ3) is 4.40. The highest BCUT2D eigenvalue weighted by Gasteiger charge is 2.17. The second-order valence-corrected chi connectivity index (χ2v) is 7.77. The van der Waals surface area contributed by atoms with E-state index in [2.05, 4.69) is 22.2 Å². The number of carbonyl (C=O) groups is 1. The van der Waals surface area contributed by atoms with Crippen molar-refractivity contribution >= 4 is 38.3 Å². The molecular weight excluding hydrogens is 379 g/mol. The van der Waals surface area contributed by atoms with E-state index in [0.717, 1.165) is 41.5 Å². The van der Waals surface area contributed by atoms with Crippen LogP contribution in [0.5, 0.6) is 5.75 Å². The quantitative estimate of drug-likeness (QED) is 0.713. The summed E-state index contributed by atoms with van der Waals surface area (Å²) in [6, 6.07) is 11.3. The Morgan fingerprint density at radius 1 is 1.18 bits per heavy atom. The number of hydrogen-bond donors (Lipinski definition) is 1. The fraction of sp³-hybridized carbons (Fsp3) is 0.300. The van der Waals surface area contributed by atoms with Crippen molar-refractivity contribution in [3.63, 3.8) is 0 Å². The van der Waals surface area contributed by atoms with Gasteiger partial charge in [0.25, 0.3) is 5.91 Å². The van der Waals surface area contributed by atoms with Crippen LogP contribution in [0.25, 0.3) is 10.2 Å². The van der Waals surface area contributed by atoms with Crippen molar-refractivity contribution in [2.75, 3.05) is 50.1 Å². The van der Waals surface area contributed by atoms with Crippen LogP contribution in [0.15, 0.2) is 42.5 Å². The minimum absolute atomic E-state index is 0.140. The molecular formula is C20H21FN4O2S. The van der Waals surface area contributed by atoms with Crippen LogP contribution in [0, 0.1) is 5.82 Å². The number of rotatable bonds is 5. The van der Waals surface area contributed by atoms with E-state index in [1.54, 1.807) is 11.3 Å². The third-order valence-corrected chi connectivity index (χ3v) is 5.70. The molecule has 0 atom stereocenters. The highest BCUT2D eigenvalue weighted by Crippen LogP contribution is 2.31. The maximum atomic E-state index is 12.9. The Hall–Kier alpha value is -2.71. The van der Waals surface area contributed by atoms with Crippen LogP contribution >= 0.6 is 11.3 Å². The minimum Gasteiger partial charge on any atom is -0.484 e. The number of nitrogens with zero attached hydrogens (tertiary/aromatic N) is 3. The predicted molar refractivity (Wildman–Crippen MR) is 110 cm³/mol. The number of benzene rings is 2. The number of piperazine rings is 1. The van der Waals surface area contributed by atoms with Crippen molar-refractivity contribution in [1.82, 2.24) is 9.88 Å². The number of nitrogens with one attached hydrogen (secondary N) is 1. The zero-order valence-corrected chi connectivity index (χ0v) is 16.3. The molecule has 0 radical (unpaired) electrons. The van der Waals surface area contributed by atoms with Gasteiger partial charge in [-0.15, -0.1) is 0 Å².